The van der Waals surface area contributed by atoms with E-state index in [1.165, 1.54) is 123 Å². The molecule has 0 bridgehead atoms. The molecule has 0 unspecified atom stereocenters. The van der Waals surface area contributed by atoms with E-state index in [2.05, 4.69) is 66.0 Å². The minimum absolute atomic E-state index is 0.157. The van der Waals surface area contributed by atoms with E-state index in [1.54, 1.807) is 0 Å². The number of hydrogen-bond donors (Lipinski definition) is 0. The highest BCUT2D eigenvalue weighted by molar-refractivity contribution is 5.70. The van der Waals surface area contributed by atoms with Crippen LogP contribution in [0.5, 0.6) is 0 Å². The molecule has 0 N–H and O–H groups in total. The molecule has 13 nitrogen and oxygen atoms in total. The van der Waals surface area contributed by atoms with Crippen molar-refractivity contribution in [1.82, 2.24) is 24.5 Å². The average molecular weight is 997 g/mol. The van der Waals surface area contributed by atoms with Gasteiger partial charge in [-0.1, -0.05) is 176 Å². The van der Waals surface area contributed by atoms with Gasteiger partial charge in [0.05, 0.1) is 52.6 Å². The fraction of sp³-hybridized carbons (Fsp3) is 0.930. The lowest BCUT2D eigenvalue weighted by atomic mass is 10.1. The molecule has 414 valence electrons. The van der Waals surface area contributed by atoms with Gasteiger partial charge in [0.15, 0.2) is 0 Å². The molecule has 0 amide bonds. The molecule has 0 rings (SSSR count). The topological polar surface area (TPSA) is 121 Å². The predicted molar refractivity (Wildman–Crippen MR) is 290 cm³/mol. The first-order chi connectivity index (χ1) is 34.1. The Hall–Kier alpha value is -2.32. The Balaban J connectivity index is 5.06. The molecule has 0 aromatic rings. The molecule has 0 aromatic carbocycles. The van der Waals surface area contributed by atoms with Crippen LogP contribution in [0, 0.1) is 0 Å². The van der Waals surface area contributed by atoms with Gasteiger partial charge < -0.3 is 43.4 Å². The van der Waals surface area contributed by atoms with E-state index in [0.29, 0.717) is 71.7 Å². The zero-order chi connectivity index (χ0) is 51.6. The molecule has 0 saturated carbocycles. The van der Waals surface area contributed by atoms with Gasteiger partial charge in [-0.15, -0.1) is 0 Å². The molecule has 13 heteroatoms. The Morgan fingerprint density at radius 1 is 0.271 bits per heavy atom. The van der Waals surface area contributed by atoms with Crippen LogP contribution in [0.3, 0.4) is 0 Å². The van der Waals surface area contributed by atoms with E-state index in [4.69, 9.17) is 18.9 Å². The van der Waals surface area contributed by atoms with Crippen LogP contribution in [0.25, 0.3) is 0 Å². The van der Waals surface area contributed by atoms with Gasteiger partial charge in [-0.05, 0) is 38.9 Å². The Morgan fingerprint density at radius 2 is 0.486 bits per heavy atom. The van der Waals surface area contributed by atoms with E-state index in [0.717, 1.165) is 111 Å². The maximum Gasteiger partial charge on any atom is 0.307 e. The third kappa shape index (κ3) is 44.4. The second kappa shape index (κ2) is 51.6. The maximum absolute atomic E-state index is 12.8. The second-order valence-electron chi connectivity index (χ2n) is 19.6. The largest absolute Gasteiger partial charge is 0.469 e. The summed E-state index contributed by atoms with van der Waals surface area (Å²) in [4.78, 5) is 62.1. The lowest BCUT2D eigenvalue weighted by Crippen LogP contribution is -2.43. The number of rotatable bonds is 54. The van der Waals surface area contributed by atoms with Crippen LogP contribution in [0.1, 0.15) is 221 Å². The summed E-state index contributed by atoms with van der Waals surface area (Å²) in [5, 5.41) is 0. The number of unbranched alkanes of at least 4 members (excludes halogenated alkanes) is 21. The summed E-state index contributed by atoms with van der Waals surface area (Å²) in [6.45, 7) is 26.8. The van der Waals surface area contributed by atoms with Gasteiger partial charge in [0, 0.05) is 78.5 Å². The van der Waals surface area contributed by atoms with E-state index >= 15 is 0 Å². The van der Waals surface area contributed by atoms with Crippen molar-refractivity contribution < 1.29 is 38.1 Å². The van der Waals surface area contributed by atoms with Gasteiger partial charge in [0.2, 0.25) is 0 Å². The first-order valence-electron chi connectivity index (χ1n) is 29.3. The van der Waals surface area contributed by atoms with Crippen LogP contribution in [0.4, 0.5) is 0 Å². The smallest absolute Gasteiger partial charge is 0.307 e. The van der Waals surface area contributed by atoms with Gasteiger partial charge in [-0.3, -0.25) is 19.2 Å². The van der Waals surface area contributed by atoms with Crippen LogP contribution in [-0.4, -0.2) is 173 Å². The van der Waals surface area contributed by atoms with E-state index in [-0.39, 0.29) is 23.9 Å². The third-order valence-electron chi connectivity index (χ3n) is 13.8. The molecule has 0 aliphatic rings. The summed E-state index contributed by atoms with van der Waals surface area (Å²) < 4.78 is 21.8. The number of nitrogens with zero attached hydrogens (tertiary/aromatic N) is 5. The van der Waals surface area contributed by atoms with E-state index in [9.17, 15) is 19.2 Å². The maximum atomic E-state index is 12.8. The monoisotopic (exact) mass is 996 g/mol. The molecule has 0 fully saturated rings. The summed E-state index contributed by atoms with van der Waals surface area (Å²) in [7, 11) is 1.42. The first-order valence-corrected chi connectivity index (χ1v) is 29.3. The SMILES string of the molecule is CCCCCCCCCCOC(=O)CCN(CCC(=O)OC)CCN(CC)CCN(CC)CCN(CC)CCN(CCC(=O)OCCCCCCCCCC)CCC(=O)OCCCCCCCCCC. The standard InChI is InChI=1S/C57H113N5O8/c1-8-14-17-20-23-26-29-32-51-68-55(64)36-40-61(39-35-54(63)67-7)49-47-59(12-5)45-43-58(11-4)44-46-60(13-6)48-50-62(41-37-56(65)69-52-33-30-27-24-21-18-15-9-2)42-38-57(66)70-53-34-31-28-25-22-19-16-10-3/h8-53H2,1-7H3. The number of likely N-dealkylation sites (N-methyl/N-ethyl adjacent to an activating group) is 3. The highest BCUT2D eigenvalue weighted by atomic mass is 16.5. The minimum atomic E-state index is -0.240. The Labute approximate surface area is 431 Å². The van der Waals surface area contributed by atoms with Gasteiger partial charge in [0.1, 0.15) is 0 Å². The second-order valence-corrected chi connectivity index (χ2v) is 19.6. The van der Waals surface area contributed by atoms with Crippen molar-refractivity contribution in [3.05, 3.63) is 0 Å². The lowest BCUT2D eigenvalue weighted by Gasteiger charge is -2.31. The summed E-state index contributed by atoms with van der Waals surface area (Å²) in [5.74, 6) is -0.721. The average Bonchev–Trinajstić information content (AvgIpc) is 3.37. The molecule has 70 heavy (non-hydrogen) atoms. The number of hydrogen-bond acceptors (Lipinski definition) is 13. The number of carbonyl (C=O) groups excluding carboxylic acids is 4. The number of ether oxygens (including phenoxy) is 4. The summed E-state index contributed by atoms with van der Waals surface area (Å²) in [5.41, 5.74) is 0. The molecular weight excluding hydrogens is 883 g/mol. The molecule has 0 aromatic heterocycles. The fourth-order valence-corrected chi connectivity index (χ4v) is 8.67. The van der Waals surface area contributed by atoms with Crippen molar-refractivity contribution in [2.45, 2.75) is 221 Å². The third-order valence-corrected chi connectivity index (χ3v) is 13.8. The number of methoxy groups -OCH3 is 1. The molecule has 0 saturated heterocycles. The van der Waals surface area contributed by atoms with Crippen LogP contribution in [-0.2, 0) is 38.1 Å². The lowest BCUT2D eigenvalue weighted by molar-refractivity contribution is -0.145. The molecule has 0 aliphatic carbocycles. The van der Waals surface area contributed by atoms with Gasteiger partial charge in [0.25, 0.3) is 0 Å². The van der Waals surface area contributed by atoms with Crippen LogP contribution in [0.15, 0.2) is 0 Å². The molecule has 0 radical (unpaired) electrons. The highest BCUT2D eigenvalue weighted by Gasteiger charge is 2.17. The molecule has 0 aliphatic heterocycles. The number of carbonyl (C=O) groups is 4. The quantitative estimate of drug-likeness (QED) is 0.0327. The van der Waals surface area contributed by atoms with Crippen molar-refractivity contribution in [1.29, 1.82) is 0 Å². The van der Waals surface area contributed by atoms with E-state index < -0.39 is 0 Å². The van der Waals surface area contributed by atoms with E-state index in [1.807, 2.05) is 0 Å². The Kier molecular flexibility index (Phi) is 49.9. The molecule has 0 heterocycles. The Morgan fingerprint density at radius 3 is 0.714 bits per heavy atom. The van der Waals surface area contributed by atoms with Crippen LogP contribution < -0.4 is 0 Å². The van der Waals surface area contributed by atoms with Gasteiger partial charge in [-0.2, -0.15) is 0 Å². The predicted octanol–water partition coefficient (Wildman–Crippen LogP) is 11.3. The van der Waals surface area contributed by atoms with Crippen molar-refractivity contribution in [2.75, 3.05) is 125 Å². The van der Waals surface area contributed by atoms with Crippen molar-refractivity contribution in [2.24, 2.45) is 0 Å². The normalized spacial score (nSPS) is 11.7. The van der Waals surface area contributed by atoms with Crippen LogP contribution >= 0.6 is 0 Å². The van der Waals surface area contributed by atoms with Crippen molar-refractivity contribution in [3.8, 4) is 0 Å². The minimum Gasteiger partial charge on any atom is -0.469 e. The molecule has 0 atom stereocenters. The van der Waals surface area contributed by atoms with Crippen molar-refractivity contribution >= 4 is 23.9 Å². The van der Waals surface area contributed by atoms with Gasteiger partial charge >= 0.3 is 23.9 Å². The first kappa shape index (κ1) is 67.7. The highest BCUT2D eigenvalue weighted by Crippen LogP contribution is 2.12. The fourth-order valence-electron chi connectivity index (χ4n) is 8.67. The molecular formula is C57H113N5O8. The summed E-state index contributed by atoms with van der Waals surface area (Å²) in [6, 6.07) is 0. The van der Waals surface area contributed by atoms with Crippen molar-refractivity contribution in [3.63, 3.8) is 0 Å². The van der Waals surface area contributed by atoms with Crippen LogP contribution in [0.2, 0.25) is 0 Å². The Bertz CT molecular complexity index is 1160. The van der Waals surface area contributed by atoms with Gasteiger partial charge in [-0.25, -0.2) is 0 Å². The number of esters is 4. The molecule has 0 spiro atoms. The summed E-state index contributed by atoms with van der Waals surface area (Å²) in [6.07, 6.45) is 30.3. The zero-order valence-electron chi connectivity index (χ0n) is 47.0. The summed E-state index contributed by atoms with van der Waals surface area (Å²) >= 11 is 0. The zero-order valence-corrected chi connectivity index (χ0v) is 47.0.